The summed E-state index contributed by atoms with van der Waals surface area (Å²) in [6.07, 6.45) is -4.57. The molecule has 11 heteroatoms. The number of aryl methyl sites for hydroxylation is 1. The number of hydrogen-bond donors (Lipinski definition) is 1. The molecule has 1 fully saturated rings. The molecule has 0 radical (unpaired) electrons. The van der Waals surface area contributed by atoms with Crippen LogP contribution in [0.25, 0.3) is 10.9 Å². The van der Waals surface area contributed by atoms with E-state index in [2.05, 4.69) is 15.3 Å². The number of halogens is 4. The Kier molecular flexibility index (Phi) is 7.03. The van der Waals surface area contributed by atoms with Gasteiger partial charge >= 0.3 is 6.18 Å². The van der Waals surface area contributed by atoms with Crippen molar-refractivity contribution in [3.8, 4) is 11.5 Å². The molecule has 1 aliphatic rings. The Morgan fingerprint density at radius 2 is 1.85 bits per heavy atom. The molecule has 7 nitrogen and oxygen atoms in total. The van der Waals surface area contributed by atoms with E-state index >= 15 is 0 Å². The van der Waals surface area contributed by atoms with E-state index in [4.69, 9.17) is 18.9 Å². The van der Waals surface area contributed by atoms with Crippen LogP contribution < -0.4 is 14.8 Å². The molecule has 182 valence electrons. The minimum Gasteiger partial charge on any atom is -0.493 e. The van der Waals surface area contributed by atoms with Crippen molar-refractivity contribution in [2.24, 2.45) is 0 Å². The van der Waals surface area contributed by atoms with Gasteiger partial charge in [-0.05, 0) is 36.8 Å². The van der Waals surface area contributed by atoms with Crippen LogP contribution in [0.3, 0.4) is 0 Å². The molecule has 0 aliphatic carbocycles. The summed E-state index contributed by atoms with van der Waals surface area (Å²) in [7, 11) is 1.51. The third-order valence-corrected chi connectivity index (χ3v) is 5.14. The third-order valence-electron chi connectivity index (χ3n) is 5.14. The van der Waals surface area contributed by atoms with Gasteiger partial charge in [-0.3, -0.25) is 0 Å². The lowest BCUT2D eigenvalue weighted by Gasteiger charge is -2.25. The number of ether oxygens (including phenoxy) is 4. The van der Waals surface area contributed by atoms with E-state index in [9.17, 15) is 17.6 Å². The lowest BCUT2D eigenvalue weighted by molar-refractivity contribution is -0.137. The summed E-state index contributed by atoms with van der Waals surface area (Å²) in [5, 5.41) is 3.56. The predicted octanol–water partition coefficient (Wildman–Crippen LogP) is 4.51. The molecule has 1 N–H and O–H groups in total. The average molecular weight is 481 g/mol. The fourth-order valence-corrected chi connectivity index (χ4v) is 3.44. The Balaban J connectivity index is 1.56. The molecule has 0 unspecified atom stereocenters. The van der Waals surface area contributed by atoms with E-state index in [1.807, 2.05) is 0 Å². The van der Waals surface area contributed by atoms with E-state index in [1.54, 1.807) is 19.1 Å². The Hall–Kier alpha value is -3.18. The molecule has 0 amide bonds. The number of alkyl halides is 3. The molecular formula is C23H23F4N3O4. The minimum atomic E-state index is -4.65. The van der Waals surface area contributed by atoms with Gasteiger partial charge in [0.2, 0.25) is 0 Å². The SMILES string of the molecule is COc1cc2nc(C)nc(NCc3cc(F)cc(C(F)(F)F)c3)c2cc1OCCOC1COC1. The van der Waals surface area contributed by atoms with Crippen LogP contribution in [0.5, 0.6) is 11.5 Å². The maximum Gasteiger partial charge on any atom is 0.416 e. The van der Waals surface area contributed by atoms with Crippen LogP contribution in [-0.4, -0.2) is 49.6 Å². The zero-order valence-electron chi connectivity index (χ0n) is 18.5. The van der Waals surface area contributed by atoms with Gasteiger partial charge in [-0.25, -0.2) is 14.4 Å². The highest BCUT2D eigenvalue weighted by atomic mass is 19.4. The van der Waals surface area contributed by atoms with Gasteiger partial charge in [0.1, 0.15) is 30.2 Å². The fraction of sp³-hybridized carbons (Fsp3) is 0.391. The summed E-state index contributed by atoms with van der Waals surface area (Å²) in [5.41, 5.74) is -0.375. The number of hydrogen-bond acceptors (Lipinski definition) is 7. The van der Waals surface area contributed by atoms with Crippen LogP contribution in [0, 0.1) is 12.7 Å². The van der Waals surface area contributed by atoms with Crippen molar-refractivity contribution >= 4 is 16.7 Å². The highest BCUT2D eigenvalue weighted by Gasteiger charge is 2.31. The van der Waals surface area contributed by atoms with E-state index in [-0.39, 0.29) is 24.8 Å². The summed E-state index contributed by atoms with van der Waals surface area (Å²) in [5.74, 6) is 0.742. The molecule has 1 aromatic heterocycles. The number of anilines is 1. The van der Waals surface area contributed by atoms with Crippen LogP contribution in [0.15, 0.2) is 30.3 Å². The Labute approximate surface area is 193 Å². The number of fused-ring (bicyclic) bond motifs is 1. The van der Waals surface area contributed by atoms with Gasteiger partial charge in [0.25, 0.3) is 0 Å². The van der Waals surface area contributed by atoms with Gasteiger partial charge < -0.3 is 24.3 Å². The van der Waals surface area contributed by atoms with Crippen LogP contribution in [0.2, 0.25) is 0 Å². The molecule has 1 saturated heterocycles. The number of rotatable bonds is 9. The quantitative estimate of drug-likeness (QED) is 0.356. The van der Waals surface area contributed by atoms with E-state index in [0.29, 0.717) is 59.9 Å². The van der Waals surface area contributed by atoms with Crippen molar-refractivity contribution in [2.75, 3.05) is 38.9 Å². The van der Waals surface area contributed by atoms with Gasteiger partial charge in [0.05, 0.1) is 38.0 Å². The summed E-state index contributed by atoms with van der Waals surface area (Å²) in [6, 6.07) is 5.79. The first-order chi connectivity index (χ1) is 16.2. The molecule has 2 heterocycles. The lowest BCUT2D eigenvalue weighted by Crippen LogP contribution is -2.37. The molecule has 0 bridgehead atoms. The van der Waals surface area contributed by atoms with Crippen LogP contribution in [0.1, 0.15) is 17.0 Å². The van der Waals surface area contributed by atoms with Crippen LogP contribution >= 0.6 is 0 Å². The molecule has 4 rings (SSSR count). The zero-order valence-corrected chi connectivity index (χ0v) is 18.5. The van der Waals surface area contributed by atoms with Crippen molar-refractivity contribution in [3.05, 3.63) is 53.1 Å². The Morgan fingerprint density at radius 3 is 2.53 bits per heavy atom. The molecule has 0 spiro atoms. The van der Waals surface area contributed by atoms with Gasteiger partial charge in [-0.2, -0.15) is 13.2 Å². The van der Waals surface area contributed by atoms with Crippen LogP contribution in [-0.2, 0) is 22.2 Å². The second-order valence-corrected chi connectivity index (χ2v) is 7.72. The largest absolute Gasteiger partial charge is 0.493 e. The number of nitrogens with one attached hydrogen (secondary N) is 1. The summed E-state index contributed by atoms with van der Waals surface area (Å²) in [6.45, 7) is 3.39. The topological polar surface area (TPSA) is 74.7 Å². The van der Waals surface area contributed by atoms with Crippen molar-refractivity contribution in [2.45, 2.75) is 25.7 Å². The predicted molar refractivity (Wildman–Crippen MR) is 116 cm³/mol. The first kappa shape index (κ1) is 24.0. The molecule has 0 atom stereocenters. The second-order valence-electron chi connectivity index (χ2n) is 7.72. The molecule has 0 saturated carbocycles. The van der Waals surface area contributed by atoms with Gasteiger partial charge in [-0.15, -0.1) is 0 Å². The Bertz CT molecular complexity index is 1170. The van der Waals surface area contributed by atoms with Crippen LogP contribution in [0.4, 0.5) is 23.4 Å². The normalized spacial score (nSPS) is 14.2. The molecule has 1 aliphatic heterocycles. The highest BCUT2D eigenvalue weighted by molar-refractivity contribution is 5.91. The highest BCUT2D eigenvalue weighted by Crippen LogP contribution is 2.35. The molecular weight excluding hydrogens is 458 g/mol. The van der Waals surface area contributed by atoms with Gasteiger partial charge in [0, 0.05) is 18.0 Å². The Morgan fingerprint density at radius 1 is 1.06 bits per heavy atom. The fourth-order valence-electron chi connectivity index (χ4n) is 3.44. The maximum atomic E-state index is 13.8. The zero-order chi connectivity index (χ0) is 24.3. The van der Waals surface area contributed by atoms with Crippen molar-refractivity contribution < 1.29 is 36.5 Å². The minimum absolute atomic E-state index is 0.0775. The van der Waals surface area contributed by atoms with E-state index in [0.717, 1.165) is 12.1 Å². The van der Waals surface area contributed by atoms with E-state index < -0.39 is 17.6 Å². The number of aromatic nitrogens is 2. The van der Waals surface area contributed by atoms with Crippen molar-refractivity contribution in [1.82, 2.24) is 9.97 Å². The second kappa shape index (κ2) is 9.98. The maximum absolute atomic E-state index is 13.8. The van der Waals surface area contributed by atoms with Crippen molar-refractivity contribution in [1.29, 1.82) is 0 Å². The summed E-state index contributed by atoms with van der Waals surface area (Å²) in [4.78, 5) is 8.78. The monoisotopic (exact) mass is 481 g/mol. The summed E-state index contributed by atoms with van der Waals surface area (Å²) >= 11 is 0. The first-order valence-electron chi connectivity index (χ1n) is 10.5. The standard InChI is InChI=1S/C23H23F4N3O4/c1-13-29-19-9-20(31-2)21(34-4-3-33-17-11-32-12-17)8-18(19)22(30-13)28-10-14-5-15(23(25,26)27)7-16(24)6-14/h5-9,17H,3-4,10-12H2,1-2H3,(H,28,29,30). The molecule has 34 heavy (non-hydrogen) atoms. The number of nitrogens with zero attached hydrogens (tertiary/aromatic N) is 2. The first-order valence-corrected chi connectivity index (χ1v) is 10.5. The van der Waals surface area contributed by atoms with Gasteiger partial charge in [-0.1, -0.05) is 0 Å². The summed E-state index contributed by atoms with van der Waals surface area (Å²) < 4.78 is 74.8. The van der Waals surface area contributed by atoms with Crippen molar-refractivity contribution in [3.63, 3.8) is 0 Å². The lowest BCUT2D eigenvalue weighted by atomic mass is 10.1. The molecule has 2 aromatic carbocycles. The van der Waals surface area contributed by atoms with Gasteiger partial charge in [0.15, 0.2) is 11.5 Å². The third kappa shape index (κ3) is 5.65. The average Bonchev–Trinajstić information content (AvgIpc) is 2.74. The smallest absolute Gasteiger partial charge is 0.416 e. The van der Waals surface area contributed by atoms with E-state index in [1.165, 1.54) is 7.11 Å². The molecule has 3 aromatic rings. The number of benzene rings is 2. The number of methoxy groups -OCH3 is 1.